The molecule has 0 aliphatic carbocycles. The number of hydrogen-bond acceptors (Lipinski definition) is 5. The summed E-state index contributed by atoms with van der Waals surface area (Å²) in [5.41, 5.74) is 2.15. The minimum Gasteiger partial charge on any atom is -0.419 e. The zero-order valence-corrected chi connectivity index (χ0v) is 14.6. The number of benzene rings is 2. The molecule has 1 aliphatic heterocycles. The van der Waals surface area contributed by atoms with Gasteiger partial charge in [0.05, 0.1) is 6.54 Å². The van der Waals surface area contributed by atoms with E-state index in [4.69, 9.17) is 4.42 Å². The maximum absolute atomic E-state index is 12.3. The van der Waals surface area contributed by atoms with Crippen LogP contribution in [-0.2, 0) is 11.3 Å². The Kier molecular flexibility index (Phi) is 4.65. The number of carbonyl (C=O) groups is 2. The normalized spacial score (nSPS) is 13.8. The van der Waals surface area contributed by atoms with Gasteiger partial charge in [0.25, 0.3) is 5.91 Å². The Hall–Kier alpha value is -3.48. The summed E-state index contributed by atoms with van der Waals surface area (Å²) < 4.78 is 5.57. The molecule has 0 spiro atoms. The number of aromatic nitrogens is 2. The summed E-state index contributed by atoms with van der Waals surface area (Å²) in [7, 11) is 0. The average molecular weight is 362 g/mol. The van der Waals surface area contributed by atoms with Gasteiger partial charge in [0.15, 0.2) is 0 Å². The second-order valence-electron chi connectivity index (χ2n) is 6.25. The van der Waals surface area contributed by atoms with Gasteiger partial charge in [-0.2, -0.15) is 0 Å². The molecule has 0 saturated carbocycles. The first-order chi connectivity index (χ1) is 13.2. The van der Waals surface area contributed by atoms with Crippen LogP contribution in [0.4, 0.5) is 5.69 Å². The number of amides is 2. The van der Waals surface area contributed by atoms with E-state index in [0.717, 1.165) is 24.2 Å². The Balaban J connectivity index is 1.37. The third-order valence-electron chi connectivity index (χ3n) is 4.40. The van der Waals surface area contributed by atoms with Crippen molar-refractivity contribution in [3.63, 3.8) is 0 Å². The van der Waals surface area contributed by atoms with E-state index in [1.807, 2.05) is 30.3 Å². The molecule has 3 aromatic rings. The molecule has 1 fully saturated rings. The molecule has 2 amide bonds. The van der Waals surface area contributed by atoms with Gasteiger partial charge in [0, 0.05) is 29.8 Å². The van der Waals surface area contributed by atoms with E-state index in [-0.39, 0.29) is 18.4 Å². The SMILES string of the molecule is O=C(NCc1nnc(-c2ccccc2)o1)c1ccc(N2CCCC2=O)cc1. The number of rotatable bonds is 5. The number of hydrogen-bond donors (Lipinski definition) is 1. The molecule has 0 unspecified atom stereocenters. The monoisotopic (exact) mass is 362 g/mol. The van der Waals surface area contributed by atoms with Crippen LogP contribution in [0.3, 0.4) is 0 Å². The van der Waals surface area contributed by atoms with Gasteiger partial charge < -0.3 is 14.6 Å². The van der Waals surface area contributed by atoms with E-state index in [1.54, 1.807) is 29.2 Å². The third kappa shape index (κ3) is 3.72. The fourth-order valence-electron chi connectivity index (χ4n) is 2.99. The van der Waals surface area contributed by atoms with Crippen molar-refractivity contribution in [1.82, 2.24) is 15.5 Å². The van der Waals surface area contributed by atoms with Gasteiger partial charge in [-0.05, 0) is 42.8 Å². The molecule has 0 atom stereocenters. The summed E-state index contributed by atoms with van der Waals surface area (Å²) in [6.07, 6.45) is 1.45. The summed E-state index contributed by atoms with van der Waals surface area (Å²) in [5.74, 6) is 0.632. The van der Waals surface area contributed by atoms with Crippen LogP contribution < -0.4 is 10.2 Å². The molecular weight excluding hydrogens is 344 g/mol. The Morgan fingerprint density at radius 1 is 1.07 bits per heavy atom. The number of nitrogens with zero attached hydrogens (tertiary/aromatic N) is 3. The second-order valence-corrected chi connectivity index (χ2v) is 6.25. The summed E-state index contributed by atoms with van der Waals surface area (Å²) in [6.45, 7) is 0.871. The van der Waals surface area contributed by atoms with Gasteiger partial charge in [-0.25, -0.2) is 0 Å². The quantitative estimate of drug-likeness (QED) is 0.754. The number of carbonyl (C=O) groups excluding carboxylic acids is 2. The van der Waals surface area contributed by atoms with Crippen molar-refractivity contribution in [2.45, 2.75) is 19.4 Å². The van der Waals surface area contributed by atoms with Gasteiger partial charge in [-0.15, -0.1) is 10.2 Å². The van der Waals surface area contributed by atoms with Crippen molar-refractivity contribution in [2.24, 2.45) is 0 Å². The maximum atomic E-state index is 12.3. The molecule has 1 N–H and O–H groups in total. The predicted molar refractivity (Wildman–Crippen MR) is 98.9 cm³/mol. The van der Waals surface area contributed by atoms with Crippen molar-refractivity contribution in [2.75, 3.05) is 11.4 Å². The molecule has 7 heteroatoms. The molecule has 7 nitrogen and oxygen atoms in total. The van der Waals surface area contributed by atoms with Crippen LogP contribution >= 0.6 is 0 Å². The first kappa shape index (κ1) is 17.0. The molecule has 2 heterocycles. The lowest BCUT2D eigenvalue weighted by Gasteiger charge is -2.15. The standard InChI is InChI=1S/C20H18N4O3/c25-18-7-4-12-24(18)16-10-8-14(9-11-16)19(26)21-13-17-22-23-20(27-17)15-5-2-1-3-6-15/h1-3,5-6,8-11H,4,7,12-13H2,(H,21,26). The third-order valence-corrected chi connectivity index (χ3v) is 4.40. The van der Waals surface area contributed by atoms with E-state index in [0.29, 0.717) is 23.8 Å². The van der Waals surface area contributed by atoms with Crippen molar-refractivity contribution in [3.8, 4) is 11.5 Å². The number of anilines is 1. The molecular formula is C20H18N4O3. The van der Waals surface area contributed by atoms with E-state index in [9.17, 15) is 9.59 Å². The van der Waals surface area contributed by atoms with E-state index in [1.165, 1.54) is 0 Å². The largest absolute Gasteiger partial charge is 0.419 e. The highest BCUT2D eigenvalue weighted by molar-refractivity contribution is 5.97. The summed E-state index contributed by atoms with van der Waals surface area (Å²) in [4.78, 5) is 25.8. The van der Waals surface area contributed by atoms with Gasteiger partial charge in [-0.3, -0.25) is 9.59 Å². The lowest BCUT2D eigenvalue weighted by Crippen LogP contribution is -2.25. The topological polar surface area (TPSA) is 88.3 Å². The Bertz CT molecular complexity index is 951. The summed E-state index contributed by atoms with van der Waals surface area (Å²) in [5, 5.41) is 10.7. The first-order valence-electron chi connectivity index (χ1n) is 8.77. The zero-order valence-electron chi connectivity index (χ0n) is 14.6. The van der Waals surface area contributed by atoms with Crippen molar-refractivity contribution >= 4 is 17.5 Å². The highest BCUT2D eigenvalue weighted by atomic mass is 16.4. The van der Waals surface area contributed by atoms with E-state index in [2.05, 4.69) is 15.5 Å². The van der Waals surface area contributed by atoms with Gasteiger partial charge in [0.1, 0.15) is 0 Å². The van der Waals surface area contributed by atoms with Crippen molar-refractivity contribution in [1.29, 1.82) is 0 Å². The minimum absolute atomic E-state index is 0.123. The van der Waals surface area contributed by atoms with Gasteiger partial charge >= 0.3 is 0 Å². The fourth-order valence-corrected chi connectivity index (χ4v) is 2.99. The van der Waals surface area contributed by atoms with Crippen molar-refractivity contribution in [3.05, 3.63) is 66.1 Å². The van der Waals surface area contributed by atoms with Crippen LogP contribution in [0.15, 0.2) is 59.0 Å². The van der Waals surface area contributed by atoms with Crippen LogP contribution in [0.1, 0.15) is 29.1 Å². The van der Waals surface area contributed by atoms with Crippen LogP contribution in [-0.4, -0.2) is 28.6 Å². The smallest absolute Gasteiger partial charge is 0.251 e. The molecule has 136 valence electrons. The molecule has 1 aromatic heterocycles. The summed E-state index contributed by atoms with van der Waals surface area (Å²) in [6, 6.07) is 16.4. The van der Waals surface area contributed by atoms with Crippen LogP contribution in [0, 0.1) is 0 Å². The fraction of sp³-hybridized carbons (Fsp3) is 0.200. The second kappa shape index (κ2) is 7.41. The number of nitrogens with one attached hydrogen (secondary N) is 1. The summed E-state index contributed by atoms with van der Waals surface area (Å²) >= 11 is 0. The molecule has 1 saturated heterocycles. The van der Waals surface area contributed by atoms with Crippen LogP contribution in [0.5, 0.6) is 0 Å². The molecule has 4 rings (SSSR count). The molecule has 27 heavy (non-hydrogen) atoms. The highest BCUT2D eigenvalue weighted by Gasteiger charge is 2.21. The van der Waals surface area contributed by atoms with Crippen LogP contribution in [0.25, 0.3) is 11.5 Å². The van der Waals surface area contributed by atoms with E-state index < -0.39 is 0 Å². The lowest BCUT2D eigenvalue weighted by molar-refractivity contribution is -0.117. The lowest BCUT2D eigenvalue weighted by atomic mass is 10.2. The minimum atomic E-state index is -0.242. The van der Waals surface area contributed by atoms with Crippen molar-refractivity contribution < 1.29 is 14.0 Å². The van der Waals surface area contributed by atoms with E-state index >= 15 is 0 Å². The maximum Gasteiger partial charge on any atom is 0.251 e. The van der Waals surface area contributed by atoms with Gasteiger partial charge in [-0.1, -0.05) is 18.2 Å². The Morgan fingerprint density at radius 3 is 2.56 bits per heavy atom. The Labute approximate surface area is 156 Å². The zero-order chi connectivity index (χ0) is 18.6. The average Bonchev–Trinajstić information content (AvgIpc) is 3.36. The van der Waals surface area contributed by atoms with Crippen LogP contribution in [0.2, 0.25) is 0 Å². The predicted octanol–water partition coefficient (Wildman–Crippen LogP) is 2.79. The Morgan fingerprint density at radius 2 is 1.85 bits per heavy atom. The van der Waals surface area contributed by atoms with Gasteiger partial charge in [0.2, 0.25) is 17.7 Å². The highest BCUT2D eigenvalue weighted by Crippen LogP contribution is 2.21. The molecule has 0 bridgehead atoms. The molecule has 1 aliphatic rings. The molecule has 0 radical (unpaired) electrons. The first-order valence-corrected chi connectivity index (χ1v) is 8.77. The molecule has 2 aromatic carbocycles.